The molecular weight excluding hydrogens is 194 g/mol. The van der Waals surface area contributed by atoms with Crippen molar-refractivity contribution in [3.05, 3.63) is 24.4 Å². The molecular formula is C10H15N3O2. The number of nitrogens with zero attached hydrogens (tertiary/aromatic N) is 1. The minimum absolute atomic E-state index is 0.0351. The number of nitriles is 1. The number of amides is 1. The fourth-order valence-electron chi connectivity index (χ4n) is 0.755. The highest BCUT2D eigenvalue weighted by Crippen LogP contribution is 1.89. The number of methoxy groups -OCH3 is 1. The van der Waals surface area contributed by atoms with Gasteiger partial charge < -0.3 is 15.4 Å². The van der Waals surface area contributed by atoms with Crippen molar-refractivity contribution in [2.45, 2.75) is 0 Å². The molecule has 5 nitrogen and oxygen atoms in total. The Morgan fingerprint density at radius 3 is 2.93 bits per heavy atom. The number of nitrogens with one attached hydrogen (secondary N) is 2. The van der Waals surface area contributed by atoms with Crippen LogP contribution < -0.4 is 10.6 Å². The number of ether oxygens (including phenoxy) is 1. The van der Waals surface area contributed by atoms with Gasteiger partial charge in [0.15, 0.2) is 0 Å². The van der Waals surface area contributed by atoms with Crippen molar-refractivity contribution >= 4 is 5.91 Å². The average molecular weight is 209 g/mol. The van der Waals surface area contributed by atoms with Crippen molar-refractivity contribution in [2.24, 2.45) is 0 Å². The van der Waals surface area contributed by atoms with Crippen LogP contribution in [0.25, 0.3) is 0 Å². The molecule has 0 aliphatic rings. The highest BCUT2D eigenvalue weighted by atomic mass is 16.5. The van der Waals surface area contributed by atoms with Gasteiger partial charge in [0, 0.05) is 26.4 Å². The smallest absolute Gasteiger partial charge is 0.263 e. The molecule has 0 atom stereocenters. The summed E-state index contributed by atoms with van der Waals surface area (Å²) in [6.45, 7) is 4.81. The van der Waals surface area contributed by atoms with Crippen molar-refractivity contribution in [2.75, 3.05) is 26.8 Å². The predicted octanol–water partition coefficient (Wildman–Crippen LogP) is -0.0679. The number of hydrogen-bond donors (Lipinski definition) is 2. The van der Waals surface area contributed by atoms with Gasteiger partial charge in [-0.05, 0) is 0 Å². The van der Waals surface area contributed by atoms with Crippen LogP contribution in [0.1, 0.15) is 0 Å². The zero-order valence-corrected chi connectivity index (χ0v) is 8.75. The zero-order valence-electron chi connectivity index (χ0n) is 8.75. The predicted molar refractivity (Wildman–Crippen MR) is 56.8 cm³/mol. The molecule has 2 N–H and O–H groups in total. The molecule has 0 aliphatic heterocycles. The van der Waals surface area contributed by atoms with E-state index in [4.69, 9.17) is 10.00 Å². The number of carbonyl (C=O) groups is 1. The molecule has 0 fully saturated rings. The van der Waals surface area contributed by atoms with E-state index in [0.717, 1.165) is 0 Å². The molecule has 82 valence electrons. The SMILES string of the molecule is C=CCN/C=C(/C#N)C(=O)NCCOC. The van der Waals surface area contributed by atoms with Crippen molar-refractivity contribution < 1.29 is 9.53 Å². The molecule has 0 bridgehead atoms. The monoisotopic (exact) mass is 209 g/mol. The highest BCUT2D eigenvalue weighted by molar-refractivity contribution is 5.97. The van der Waals surface area contributed by atoms with Gasteiger partial charge in [0.1, 0.15) is 11.6 Å². The maximum absolute atomic E-state index is 11.3. The first-order valence-electron chi connectivity index (χ1n) is 4.48. The van der Waals surface area contributed by atoms with Crippen LogP contribution in [0.3, 0.4) is 0 Å². The molecule has 0 radical (unpaired) electrons. The van der Waals surface area contributed by atoms with E-state index in [1.54, 1.807) is 19.3 Å². The number of carbonyl (C=O) groups excluding carboxylic acids is 1. The lowest BCUT2D eigenvalue weighted by atomic mass is 10.3. The third-order valence-electron chi connectivity index (χ3n) is 1.47. The summed E-state index contributed by atoms with van der Waals surface area (Å²) < 4.78 is 4.76. The zero-order chi connectivity index (χ0) is 11.5. The second-order valence-corrected chi connectivity index (χ2v) is 2.62. The van der Waals surface area contributed by atoms with E-state index >= 15 is 0 Å². The minimum atomic E-state index is -0.411. The first kappa shape index (κ1) is 13.2. The molecule has 0 aliphatic carbocycles. The molecule has 0 heterocycles. The topological polar surface area (TPSA) is 74.2 Å². The van der Waals surface area contributed by atoms with Gasteiger partial charge in [-0.1, -0.05) is 6.08 Å². The maximum Gasteiger partial charge on any atom is 0.263 e. The van der Waals surface area contributed by atoms with Gasteiger partial charge in [-0.15, -0.1) is 6.58 Å². The van der Waals surface area contributed by atoms with Crippen LogP contribution in [0, 0.1) is 11.3 Å². The second kappa shape index (κ2) is 8.78. The molecule has 0 saturated heterocycles. The van der Waals surface area contributed by atoms with Crippen LogP contribution in [0.15, 0.2) is 24.4 Å². The van der Waals surface area contributed by atoms with E-state index in [2.05, 4.69) is 17.2 Å². The quantitative estimate of drug-likeness (QED) is 0.266. The molecule has 0 aromatic rings. The summed E-state index contributed by atoms with van der Waals surface area (Å²) in [5, 5.41) is 14.0. The Balaban J connectivity index is 4.05. The lowest BCUT2D eigenvalue weighted by Crippen LogP contribution is -2.28. The third kappa shape index (κ3) is 6.29. The summed E-state index contributed by atoms with van der Waals surface area (Å²) in [4.78, 5) is 11.3. The maximum atomic E-state index is 11.3. The third-order valence-corrected chi connectivity index (χ3v) is 1.47. The van der Waals surface area contributed by atoms with Crippen LogP contribution >= 0.6 is 0 Å². The molecule has 0 aromatic carbocycles. The van der Waals surface area contributed by atoms with Crippen molar-refractivity contribution in [3.8, 4) is 6.07 Å². The van der Waals surface area contributed by atoms with Crippen LogP contribution in [0.5, 0.6) is 0 Å². The van der Waals surface area contributed by atoms with E-state index in [0.29, 0.717) is 19.7 Å². The van der Waals surface area contributed by atoms with Crippen LogP contribution in [-0.2, 0) is 9.53 Å². The molecule has 0 spiro atoms. The van der Waals surface area contributed by atoms with Crippen LogP contribution in [-0.4, -0.2) is 32.7 Å². The van der Waals surface area contributed by atoms with Gasteiger partial charge >= 0.3 is 0 Å². The van der Waals surface area contributed by atoms with Crippen molar-refractivity contribution in [1.29, 1.82) is 5.26 Å². The van der Waals surface area contributed by atoms with Gasteiger partial charge in [0.25, 0.3) is 5.91 Å². The van der Waals surface area contributed by atoms with Gasteiger partial charge in [-0.3, -0.25) is 4.79 Å². The Kier molecular flexibility index (Phi) is 7.73. The normalized spacial score (nSPS) is 10.3. The fourth-order valence-corrected chi connectivity index (χ4v) is 0.755. The molecule has 1 amide bonds. The van der Waals surface area contributed by atoms with E-state index in [1.165, 1.54) is 6.20 Å². The Morgan fingerprint density at radius 2 is 2.40 bits per heavy atom. The first-order valence-corrected chi connectivity index (χ1v) is 4.48. The number of rotatable bonds is 7. The van der Waals surface area contributed by atoms with Gasteiger partial charge in [0.05, 0.1) is 6.61 Å². The summed E-state index contributed by atoms with van der Waals surface area (Å²) in [5.74, 6) is -0.411. The Hall–Kier alpha value is -1.80. The van der Waals surface area contributed by atoms with Crippen LogP contribution in [0.2, 0.25) is 0 Å². The highest BCUT2D eigenvalue weighted by Gasteiger charge is 2.06. The average Bonchev–Trinajstić information content (AvgIpc) is 2.24. The molecule has 15 heavy (non-hydrogen) atoms. The molecule has 5 heteroatoms. The summed E-state index contributed by atoms with van der Waals surface area (Å²) >= 11 is 0. The fraction of sp³-hybridized carbons (Fsp3) is 0.400. The van der Waals surface area contributed by atoms with Crippen molar-refractivity contribution in [3.63, 3.8) is 0 Å². The Bertz CT molecular complexity index is 279. The standard InChI is InChI=1S/C10H15N3O2/c1-3-4-12-8-9(7-11)10(14)13-5-6-15-2/h3,8,12H,1,4-6H2,2H3,(H,13,14)/b9-8-. The Morgan fingerprint density at radius 1 is 1.67 bits per heavy atom. The molecule has 0 rings (SSSR count). The minimum Gasteiger partial charge on any atom is -0.386 e. The number of hydrogen-bond acceptors (Lipinski definition) is 4. The lowest BCUT2D eigenvalue weighted by Gasteiger charge is -2.03. The summed E-state index contributed by atoms with van der Waals surface area (Å²) in [7, 11) is 1.54. The van der Waals surface area contributed by atoms with Gasteiger partial charge in [-0.2, -0.15) is 5.26 Å². The molecule has 0 aromatic heterocycles. The molecule has 0 saturated carbocycles. The second-order valence-electron chi connectivity index (χ2n) is 2.62. The van der Waals surface area contributed by atoms with E-state index in [-0.39, 0.29) is 5.57 Å². The summed E-state index contributed by atoms with van der Waals surface area (Å²) in [6.07, 6.45) is 3.00. The van der Waals surface area contributed by atoms with E-state index in [1.807, 2.05) is 0 Å². The first-order chi connectivity index (χ1) is 7.26. The summed E-state index contributed by atoms with van der Waals surface area (Å²) in [6, 6.07) is 1.80. The van der Waals surface area contributed by atoms with Gasteiger partial charge in [0.2, 0.25) is 0 Å². The molecule has 0 unspecified atom stereocenters. The van der Waals surface area contributed by atoms with Crippen molar-refractivity contribution in [1.82, 2.24) is 10.6 Å². The lowest BCUT2D eigenvalue weighted by molar-refractivity contribution is -0.117. The Labute approximate surface area is 89.4 Å². The van der Waals surface area contributed by atoms with Gasteiger partial charge in [-0.25, -0.2) is 0 Å². The summed E-state index contributed by atoms with van der Waals surface area (Å²) in [5.41, 5.74) is 0.0351. The largest absolute Gasteiger partial charge is 0.386 e. The van der Waals surface area contributed by atoms with E-state index in [9.17, 15) is 4.79 Å². The van der Waals surface area contributed by atoms with Crippen LogP contribution in [0.4, 0.5) is 0 Å². The van der Waals surface area contributed by atoms with E-state index < -0.39 is 5.91 Å².